The number of rotatable bonds is 4. The SMILES string of the molecule is Clc1ccc(CN2CC[C@H](Sc3cc4ccncc4cc3Cl)C2)cc1. The molecule has 2 heterocycles. The third-order valence-electron chi connectivity index (χ3n) is 4.53. The van der Waals surface area contributed by atoms with Crippen LogP contribution in [0.15, 0.2) is 59.8 Å². The largest absolute Gasteiger partial charge is 0.298 e. The summed E-state index contributed by atoms with van der Waals surface area (Å²) in [7, 11) is 0. The van der Waals surface area contributed by atoms with Crippen LogP contribution in [-0.4, -0.2) is 28.2 Å². The summed E-state index contributed by atoms with van der Waals surface area (Å²) in [6, 6.07) is 14.4. The molecule has 1 aliphatic rings. The Kier molecular flexibility index (Phi) is 5.18. The summed E-state index contributed by atoms with van der Waals surface area (Å²) in [5, 5.41) is 4.47. The Morgan fingerprint density at radius 1 is 1.08 bits per heavy atom. The zero-order valence-electron chi connectivity index (χ0n) is 13.7. The molecule has 128 valence electrons. The average Bonchev–Trinajstić information content (AvgIpc) is 3.05. The van der Waals surface area contributed by atoms with Gasteiger partial charge in [-0.05, 0) is 54.2 Å². The van der Waals surface area contributed by atoms with Crippen molar-refractivity contribution in [2.24, 2.45) is 0 Å². The molecule has 1 atom stereocenters. The lowest BCUT2D eigenvalue weighted by atomic mass is 10.2. The van der Waals surface area contributed by atoms with Crippen LogP contribution < -0.4 is 0 Å². The molecule has 0 bridgehead atoms. The van der Waals surface area contributed by atoms with E-state index in [1.807, 2.05) is 48.4 Å². The number of pyridine rings is 1. The number of halogens is 2. The van der Waals surface area contributed by atoms with E-state index in [9.17, 15) is 0 Å². The zero-order chi connectivity index (χ0) is 17.2. The highest BCUT2D eigenvalue weighted by molar-refractivity contribution is 8.00. The lowest BCUT2D eigenvalue weighted by molar-refractivity contribution is 0.332. The summed E-state index contributed by atoms with van der Waals surface area (Å²) in [5.74, 6) is 0. The molecule has 0 unspecified atom stereocenters. The van der Waals surface area contributed by atoms with Crippen molar-refractivity contribution in [2.45, 2.75) is 23.1 Å². The Morgan fingerprint density at radius 3 is 2.76 bits per heavy atom. The third-order valence-corrected chi connectivity index (χ3v) is 6.52. The number of nitrogens with zero attached hydrogens (tertiary/aromatic N) is 2. The highest BCUT2D eigenvalue weighted by Gasteiger charge is 2.24. The van der Waals surface area contributed by atoms with Crippen LogP contribution in [0.3, 0.4) is 0 Å². The van der Waals surface area contributed by atoms with Crippen LogP contribution in [0.1, 0.15) is 12.0 Å². The van der Waals surface area contributed by atoms with Gasteiger partial charge in [-0.25, -0.2) is 0 Å². The minimum atomic E-state index is 0.573. The molecule has 1 saturated heterocycles. The maximum Gasteiger partial charge on any atom is 0.0548 e. The van der Waals surface area contributed by atoms with Crippen LogP contribution >= 0.6 is 35.0 Å². The van der Waals surface area contributed by atoms with Crippen molar-refractivity contribution in [2.75, 3.05) is 13.1 Å². The Bertz CT molecular complexity index is 883. The molecule has 2 aromatic carbocycles. The molecule has 0 spiro atoms. The standard InChI is InChI=1S/C20H18Cl2N2S/c21-17-3-1-14(2-4-17)12-24-8-6-18(13-24)25-20-10-15-5-7-23-11-16(15)9-19(20)22/h1-5,7,9-11,18H,6,8,12-13H2/t18-/m0/s1. The van der Waals surface area contributed by atoms with E-state index in [0.717, 1.165) is 35.1 Å². The lowest BCUT2D eigenvalue weighted by Gasteiger charge is -2.16. The monoisotopic (exact) mass is 388 g/mol. The average molecular weight is 389 g/mol. The lowest BCUT2D eigenvalue weighted by Crippen LogP contribution is -2.20. The number of hydrogen-bond donors (Lipinski definition) is 0. The van der Waals surface area contributed by atoms with Gasteiger partial charge in [0.2, 0.25) is 0 Å². The summed E-state index contributed by atoms with van der Waals surface area (Å²) in [5.41, 5.74) is 1.31. The number of benzene rings is 2. The third kappa shape index (κ3) is 4.12. The molecule has 0 N–H and O–H groups in total. The molecular formula is C20H18Cl2N2S. The second-order valence-corrected chi connectivity index (χ2v) is 8.58. The summed E-state index contributed by atoms with van der Waals surface area (Å²) in [4.78, 5) is 7.83. The molecule has 1 fully saturated rings. The topological polar surface area (TPSA) is 16.1 Å². The molecule has 3 aromatic rings. The first-order chi connectivity index (χ1) is 12.2. The summed E-state index contributed by atoms with van der Waals surface area (Å²) in [6.45, 7) is 3.18. The van der Waals surface area contributed by atoms with Crippen LogP contribution in [-0.2, 0) is 6.54 Å². The first-order valence-corrected chi connectivity index (χ1v) is 9.98. The molecule has 1 aromatic heterocycles. The van der Waals surface area contributed by atoms with Crippen molar-refractivity contribution in [3.8, 4) is 0 Å². The van der Waals surface area contributed by atoms with Gasteiger partial charge >= 0.3 is 0 Å². The van der Waals surface area contributed by atoms with Crippen molar-refractivity contribution in [1.82, 2.24) is 9.88 Å². The summed E-state index contributed by atoms with van der Waals surface area (Å²) < 4.78 is 0. The van der Waals surface area contributed by atoms with Gasteiger partial charge in [0, 0.05) is 46.0 Å². The molecule has 0 radical (unpaired) electrons. The van der Waals surface area contributed by atoms with Gasteiger partial charge in [0.15, 0.2) is 0 Å². The number of hydrogen-bond acceptors (Lipinski definition) is 3. The molecule has 2 nitrogen and oxygen atoms in total. The Morgan fingerprint density at radius 2 is 1.92 bits per heavy atom. The maximum absolute atomic E-state index is 6.49. The molecule has 0 saturated carbocycles. The second kappa shape index (κ2) is 7.55. The van der Waals surface area contributed by atoms with E-state index in [1.54, 1.807) is 0 Å². The number of likely N-dealkylation sites (tertiary alicyclic amines) is 1. The van der Waals surface area contributed by atoms with E-state index in [4.69, 9.17) is 23.2 Å². The number of thioether (sulfide) groups is 1. The molecule has 25 heavy (non-hydrogen) atoms. The number of fused-ring (bicyclic) bond motifs is 1. The minimum Gasteiger partial charge on any atom is -0.298 e. The van der Waals surface area contributed by atoms with Crippen molar-refractivity contribution < 1.29 is 0 Å². The smallest absolute Gasteiger partial charge is 0.0548 e. The van der Waals surface area contributed by atoms with E-state index in [-0.39, 0.29) is 0 Å². The van der Waals surface area contributed by atoms with Gasteiger partial charge in [0.05, 0.1) is 5.02 Å². The van der Waals surface area contributed by atoms with E-state index in [1.165, 1.54) is 22.3 Å². The fraction of sp³-hybridized carbons (Fsp3) is 0.250. The van der Waals surface area contributed by atoms with E-state index >= 15 is 0 Å². The van der Waals surface area contributed by atoms with Gasteiger partial charge in [0.1, 0.15) is 0 Å². The molecule has 0 aliphatic carbocycles. The van der Waals surface area contributed by atoms with Crippen molar-refractivity contribution in [1.29, 1.82) is 0 Å². The first kappa shape index (κ1) is 17.2. The van der Waals surface area contributed by atoms with Crippen molar-refractivity contribution >= 4 is 45.7 Å². The Balaban J connectivity index is 1.42. The van der Waals surface area contributed by atoms with E-state index < -0.39 is 0 Å². The number of aromatic nitrogens is 1. The molecule has 5 heteroatoms. The second-order valence-electron chi connectivity index (χ2n) is 6.40. The van der Waals surface area contributed by atoms with Gasteiger partial charge < -0.3 is 0 Å². The van der Waals surface area contributed by atoms with Gasteiger partial charge in [0.25, 0.3) is 0 Å². The maximum atomic E-state index is 6.49. The fourth-order valence-electron chi connectivity index (χ4n) is 3.24. The van der Waals surface area contributed by atoms with Gasteiger partial charge in [-0.2, -0.15) is 0 Å². The van der Waals surface area contributed by atoms with Gasteiger partial charge in [-0.15, -0.1) is 11.8 Å². The quantitative estimate of drug-likeness (QED) is 0.552. The highest BCUT2D eigenvalue weighted by atomic mass is 35.5. The summed E-state index contributed by atoms with van der Waals surface area (Å²) in [6.07, 6.45) is 4.87. The van der Waals surface area contributed by atoms with Crippen molar-refractivity contribution in [3.05, 3.63) is 70.5 Å². The summed E-state index contributed by atoms with van der Waals surface area (Å²) >= 11 is 14.3. The van der Waals surface area contributed by atoms with Crippen LogP contribution in [0, 0.1) is 0 Å². The fourth-order valence-corrected chi connectivity index (χ4v) is 4.91. The van der Waals surface area contributed by atoms with Gasteiger partial charge in [-0.1, -0.05) is 35.3 Å². The molecular weight excluding hydrogens is 371 g/mol. The first-order valence-electron chi connectivity index (χ1n) is 8.34. The highest BCUT2D eigenvalue weighted by Crippen LogP contribution is 2.37. The molecule has 0 amide bonds. The minimum absolute atomic E-state index is 0.573. The molecule has 4 rings (SSSR count). The van der Waals surface area contributed by atoms with Crippen LogP contribution in [0.25, 0.3) is 10.8 Å². The Labute approximate surface area is 162 Å². The van der Waals surface area contributed by atoms with E-state index in [2.05, 4.69) is 28.1 Å². The van der Waals surface area contributed by atoms with Crippen LogP contribution in [0.5, 0.6) is 0 Å². The predicted octanol–water partition coefficient (Wildman–Crippen LogP) is 5.91. The van der Waals surface area contributed by atoms with Crippen LogP contribution in [0.2, 0.25) is 10.0 Å². The zero-order valence-corrected chi connectivity index (χ0v) is 16.0. The normalized spacial score (nSPS) is 18.1. The van der Waals surface area contributed by atoms with E-state index in [0.29, 0.717) is 5.25 Å². The molecule has 1 aliphatic heterocycles. The van der Waals surface area contributed by atoms with Crippen molar-refractivity contribution in [3.63, 3.8) is 0 Å². The predicted molar refractivity (Wildman–Crippen MR) is 108 cm³/mol. The van der Waals surface area contributed by atoms with Gasteiger partial charge in [-0.3, -0.25) is 9.88 Å². The Hall–Kier alpha value is -1.26. The van der Waals surface area contributed by atoms with Crippen LogP contribution in [0.4, 0.5) is 0 Å².